The predicted octanol–water partition coefficient (Wildman–Crippen LogP) is 5.88. The molecule has 0 aliphatic carbocycles. The van der Waals surface area contributed by atoms with Crippen LogP contribution in [0.25, 0.3) is 0 Å². The highest BCUT2D eigenvalue weighted by Crippen LogP contribution is 2.15. The first-order valence-corrected chi connectivity index (χ1v) is 7.81. The fraction of sp³-hybridized carbons (Fsp3) is 0.684. The molecule has 0 saturated heterocycles. The highest BCUT2D eigenvalue weighted by atomic mass is 14.0. The van der Waals surface area contributed by atoms with E-state index in [0.717, 1.165) is 12.0 Å². The smallest absolute Gasteiger partial charge is 0.0133 e. The summed E-state index contributed by atoms with van der Waals surface area (Å²) in [6, 6.07) is 0. The summed E-state index contributed by atoms with van der Waals surface area (Å²) in [7, 11) is 0. The van der Waals surface area contributed by atoms with E-state index in [1.165, 1.54) is 56.9 Å². The monoisotopic (exact) mass is 258 g/mol. The average Bonchev–Trinajstić information content (AvgIpc) is 2.40. The molecule has 19 heavy (non-hydrogen) atoms. The van der Waals surface area contributed by atoms with Crippen molar-refractivity contribution < 1.29 is 0 Å². The van der Waals surface area contributed by atoms with Crippen molar-refractivity contribution in [2.24, 2.45) is 0 Å². The van der Waals surface area contributed by atoms with Crippen LogP contribution < -0.4 is 0 Å². The van der Waals surface area contributed by atoms with Crippen molar-refractivity contribution in [2.75, 3.05) is 0 Å². The molecule has 0 saturated carbocycles. The van der Waals surface area contributed by atoms with Gasteiger partial charge in [-0.25, -0.2) is 0 Å². The molecule has 0 rings (SSSR count). The Bertz CT molecular complexity index is 362. The van der Waals surface area contributed by atoms with Crippen molar-refractivity contribution in [3.8, 4) is 23.7 Å². The first-order valence-electron chi connectivity index (χ1n) is 7.81. The lowest BCUT2D eigenvalue weighted by Crippen LogP contribution is -1.87. The third-order valence-electron chi connectivity index (χ3n) is 3.32. The van der Waals surface area contributed by atoms with E-state index >= 15 is 0 Å². The Morgan fingerprint density at radius 3 is 1.79 bits per heavy atom. The molecule has 0 heteroatoms. The summed E-state index contributed by atoms with van der Waals surface area (Å²) in [4.78, 5) is 0. The van der Waals surface area contributed by atoms with Crippen molar-refractivity contribution in [2.45, 2.75) is 85.5 Å². The van der Waals surface area contributed by atoms with E-state index in [2.05, 4.69) is 37.5 Å². The van der Waals surface area contributed by atoms with Gasteiger partial charge in [-0.3, -0.25) is 0 Å². The SMILES string of the molecule is CC#C/C(C)=C(/C#CC)CCCCCCCCCC. The van der Waals surface area contributed by atoms with Crippen molar-refractivity contribution >= 4 is 0 Å². The lowest BCUT2D eigenvalue weighted by atomic mass is 10.0. The third kappa shape index (κ3) is 10.5. The summed E-state index contributed by atoms with van der Waals surface area (Å²) in [5.74, 6) is 12.3. The summed E-state index contributed by atoms with van der Waals surface area (Å²) in [6.45, 7) is 8.14. The Morgan fingerprint density at radius 2 is 1.26 bits per heavy atom. The van der Waals surface area contributed by atoms with E-state index in [4.69, 9.17) is 0 Å². The van der Waals surface area contributed by atoms with Gasteiger partial charge < -0.3 is 0 Å². The summed E-state index contributed by atoms with van der Waals surface area (Å²) in [6.07, 6.45) is 12.0. The minimum Gasteiger partial charge on any atom is -0.102 e. The minimum absolute atomic E-state index is 1.09. The number of hydrogen-bond acceptors (Lipinski definition) is 0. The zero-order chi connectivity index (χ0) is 14.3. The lowest BCUT2D eigenvalue weighted by molar-refractivity contribution is 0.576. The number of rotatable bonds is 9. The quantitative estimate of drug-likeness (QED) is 0.358. The highest BCUT2D eigenvalue weighted by molar-refractivity contribution is 5.41. The molecule has 106 valence electrons. The molecular weight excluding hydrogens is 228 g/mol. The van der Waals surface area contributed by atoms with Gasteiger partial charge in [-0.15, -0.1) is 11.8 Å². The molecule has 0 amide bonds. The van der Waals surface area contributed by atoms with E-state index in [1.807, 2.05) is 13.8 Å². The zero-order valence-corrected chi connectivity index (χ0v) is 13.4. The maximum absolute atomic E-state index is 3.21. The molecule has 0 nitrogen and oxygen atoms in total. The first kappa shape index (κ1) is 17.9. The fourth-order valence-electron chi connectivity index (χ4n) is 2.19. The highest BCUT2D eigenvalue weighted by Gasteiger charge is 1.98. The van der Waals surface area contributed by atoms with Gasteiger partial charge in [0.25, 0.3) is 0 Å². The molecule has 0 aliphatic heterocycles. The Labute approximate surface area is 121 Å². The van der Waals surface area contributed by atoms with Gasteiger partial charge in [-0.1, -0.05) is 63.7 Å². The van der Waals surface area contributed by atoms with Crippen LogP contribution in [0, 0.1) is 23.7 Å². The normalized spacial score (nSPS) is 10.9. The van der Waals surface area contributed by atoms with Crippen LogP contribution in [-0.4, -0.2) is 0 Å². The molecule has 0 atom stereocenters. The van der Waals surface area contributed by atoms with Gasteiger partial charge in [-0.2, -0.15) is 0 Å². The van der Waals surface area contributed by atoms with Crippen LogP contribution in [-0.2, 0) is 0 Å². The summed E-state index contributed by atoms with van der Waals surface area (Å²) in [5, 5.41) is 0. The van der Waals surface area contributed by atoms with Gasteiger partial charge in [-0.05, 0) is 33.6 Å². The zero-order valence-electron chi connectivity index (χ0n) is 13.4. The molecule has 0 heterocycles. The van der Waals surface area contributed by atoms with E-state index in [1.54, 1.807) is 0 Å². The summed E-state index contributed by atoms with van der Waals surface area (Å²) >= 11 is 0. The van der Waals surface area contributed by atoms with Gasteiger partial charge in [0.1, 0.15) is 0 Å². The molecule has 0 radical (unpaired) electrons. The maximum Gasteiger partial charge on any atom is 0.0133 e. The molecule has 0 aromatic heterocycles. The summed E-state index contributed by atoms with van der Waals surface area (Å²) < 4.78 is 0. The van der Waals surface area contributed by atoms with Crippen molar-refractivity contribution in [3.63, 3.8) is 0 Å². The molecule has 0 fully saturated rings. The number of unbranched alkanes of at least 4 members (excludes halogenated alkanes) is 7. The summed E-state index contributed by atoms with van der Waals surface area (Å²) in [5.41, 5.74) is 2.39. The largest absolute Gasteiger partial charge is 0.102 e. The van der Waals surface area contributed by atoms with E-state index in [-0.39, 0.29) is 0 Å². The molecule has 0 aromatic carbocycles. The Balaban J connectivity index is 3.85. The predicted molar refractivity (Wildman–Crippen MR) is 86.8 cm³/mol. The van der Waals surface area contributed by atoms with Crippen molar-refractivity contribution in [3.05, 3.63) is 11.1 Å². The second-order valence-corrected chi connectivity index (χ2v) is 5.08. The minimum atomic E-state index is 1.09. The topological polar surface area (TPSA) is 0 Å². The molecule has 0 unspecified atom stereocenters. The van der Waals surface area contributed by atoms with E-state index in [0.29, 0.717) is 0 Å². The van der Waals surface area contributed by atoms with Crippen molar-refractivity contribution in [1.29, 1.82) is 0 Å². The average molecular weight is 258 g/mol. The van der Waals surface area contributed by atoms with Gasteiger partial charge in [0.15, 0.2) is 0 Å². The van der Waals surface area contributed by atoms with Crippen LogP contribution >= 0.6 is 0 Å². The first-order chi connectivity index (χ1) is 9.26. The van der Waals surface area contributed by atoms with Gasteiger partial charge in [0.2, 0.25) is 0 Å². The molecule has 0 aromatic rings. The Kier molecular flexibility index (Phi) is 12.5. The van der Waals surface area contributed by atoms with Crippen molar-refractivity contribution in [1.82, 2.24) is 0 Å². The van der Waals surface area contributed by atoms with Crippen LogP contribution in [0.2, 0.25) is 0 Å². The van der Waals surface area contributed by atoms with Gasteiger partial charge in [0, 0.05) is 11.1 Å². The van der Waals surface area contributed by atoms with Gasteiger partial charge in [0.05, 0.1) is 0 Å². The fourth-order valence-corrected chi connectivity index (χ4v) is 2.19. The number of hydrogen-bond donors (Lipinski definition) is 0. The molecule has 0 spiro atoms. The molecule has 0 bridgehead atoms. The maximum atomic E-state index is 3.21. The van der Waals surface area contributed by atoms with Crippen LogP contribution in [0.15, 0.2) is 11.1 Å². The van der Waals surface area contributed by atoms with Crippen LogP contribution in [0.5, 0.6) is 0 Å². The molecule has 0 aliphatic rings. The van der Waals surface area contributed by atoms with E-state index < -0.39 is 0 Å². The lowest BCUT2D eigenvalue weighted by Gasteiger charge is -2.03. The molecular formula is C19H30. The Hall–Kier alpha value is -1.14. The van der Waals surface area contributed by atoms with Crippen LogP contribution in [0.3, 0.4) is 0 Å². The standard InChI is InChI=1S/C19H30/c1-5-8-9-10-11-12-13-14-17-19(16-7-3)18(4)15-6-2/h5,8-14,17H2,1-4H3/b19-18-. The second-order valence-electron chi connectivity index (χ2n) is 5.08. The van der Waals surface area contributed by atoms with E-state index in [9.17, 15) is 0 Å². The van der Waals surface area contributed by atoms with Crippen LogP contribution in [0.4, 0.5) is 0 Å². The Morgan fingerprint density at radius 1 is 0.737 bits per heavy atom. The second kappa shape index (κ2) is 13.3. The van der Waals surface area contributed by atoms with Gasteiger partial charge >= 0.3 is 0 Å². The molecule has 0 N–H and O–H groups in total. The number of allylic oxidation sites excluding steroid dienone is 2. The third-order valence-corrected chi connectivity index (χ3v) is 3.32. The van der Waals surface area contributed by atoms with Crippen LogP contribution in [0.1, 0.15) is 85.5 Å².